The molecule has 9 nitrogen and oxygen atoms in total. The maximum atomic E-state index is 12.4. The van der Waals surface area contributed by atoms with Crippen LogP contribution in [0.15, 0.2) is 0 Å². The molecule has 25 heavy (non-hydrogen) atoms. The van der Waals surface area contributed by atoms with Crippen LogP contribution in [-0.2, 0) is 28.7 Å². The first kappa shape index (κ1) is 18.9. The third kappa shape index (κ3) is 4.15. The predicted molar refractivity (Wildman–Crippen MR) is 84.8 cm³/mol. The highest BCUT2D eigenvalue weighted by Crippen LogP contribution is 2.38. The molecule has 1 aliphatic carbocycles. The lowest BCUT2D eigenvalue weighted by Crippen LogP contribution is -2.45. The number of carbonyl (C=O) groups excluding carboxylic acids is 5. The van der Waals surface area contributed by atoms with Crippen molar-refractivity contribution in [2.24, 2.45) is 11.8 Å². The van der Waals surface area contributed by atoms with E-state index >= 15 is 0 Å². The van der Waals surface area contributed by atoms with Gasteiger partial charge in [0.05, 0.1) is 18.4 Å². The molecule has 2 aliphatic rings. The van der Waals surface area contributed by atoms with Crippen molar-refractivity contribution in [1.29, 1.82) is 0 Å². The zero-order valence-corrected chi connectivity index (χ0v) is 14.4. The number of rotatable bonds is 6. The number of amides is 4. The number of esters is 1. The fraction of sp³-hybridized carbons (Fsp3) is 0.688. The van der Waals surface area contributed by atoms with Crippen LogP contribution < -0.4 is 10.6 Å². The average molecular weight is 353 g/mol. The van der Waals surface area contributed by atoms with Crippen molar-refractivity contribution >= 4 is 29.6 Å². The van der Waals surface area contributed by atoms with Crippen LogP contribution >= 0.6 is 0 Å². The van der Waals surface area contributed by atoms with Crippen LogP contribution in [0.1, 0.15) is 32.6 Å². The molecule has 1 aliphatic heterocycles. The van der Waals surface area contributed by atoms with Gasteiger partial charge in [-0.25, -0.2) is 4.79 Å². The van der Waals surface area contributed by atoms with Gasteiger partial charge in [0.25, 0.3) is 5.91 Å². The van der Waals surface area contributed by atoms with Crippen molar-refractivity contribution in [2.45, 2.75) is 38.6 Å². The Bertz CT molecular complexity index is 566. The second-order valence-electron chi connectivity index (χ2n) is 6.28. The van der Waals surface area contributed by atoms with E-state index in [4.69, 9.17) is 4.74 Å². The van der Waals surface area contributed by atoms with Crippen LogP contribution in [0.3, 0.4) is 0 Å². The molecule has 0 aromatic carbocycles. The van der Waals surface area contributed by atoms with Gasteiger partial charge >= 0.3 is 5.97 Å². The van der Waals surface area contributed by atoms with E-state index in [-0.39, 0.29) is 36.1 Å². The number of ether oxygens (including phenoxy) is 1. The molecule has 0 spiro atoms. The Hall–Kier alpha value is -2.45. The van der Waals surface area contributed by atoms with Crippen molar-refractivity contribution in [3.8, 4) is 0 Å². The molecule has 1 saturated heterocycles. The summed E-state index contributed by atoms with van der Waals surface area (Å²) in [5, 5.41) is 4.61. The van der Waals surface area contributed by atoms with E-state index in [1.54, 1.807) is 0 Å². The molecule has 0 aromatic rings. The first-order chi connectivity index (χ1) is 11.9. The lowest BCUT2D eigenvalue weighted by atomic mass is 9.81. The Labute approximate surface area is 145 Å². The summed E-state index contributed by atoms with van der Waals surface area (Å²) in [5.41, 5.74) is 0. The van der Waals surface area contributed by atoms with Gasteiger partial charge in [0.2, 0.25) is 17.7 Å². The van der Waals surface area contributed by atoms with Gasteiger partial charge in [-0.15, -0.1) is 0 Å². The molecule has 2 fully saturated rings. The lowest BCUT2D eigenvalue weighted by Gasteiger charge is -2.21. The van der Waals surface area contributed by atoms with Crippen molar-refractivity contribution < 1.29 is 28.7 Å². The van der Waals surface area contributed by atoms with Gasteiger partial charge in [0, 0.05) is 7.05 Å². The first-order valence-corrected chi connectivity index (χ1v) is 8.37. The summed E-state index contributed by atoms with van der Waals surface area (Å²) in [6.07, 6.45) is 3.13. The number of nitrogens with zero attached hydrogens (tertiary/aromatic N) is 1. The van der Waals surface area contributed by atoms with E-state index in [1.165, 1.54) is 14.0 Å². The number of likely N-dealkylation sites (tertiary alicyclic amines) is 1. The van der Waals surface area contributed by atoms with Crippen molar-refractivity contribution in [1.82, 2.24) is 15.5 Å². The number of hydrogen-bond donors (Lipinski definition) is 2. The highest BCUT2D eigenvalue weighted by molar-refractivity contribution is 6.07. The maximum Gasteiger partial charge on any atom is 0.329 e. The molecule has 0 radical (unpaired) electrons. The molecule has 0 aromatic heterocycles. The molecule has 1 heterocycles. The van der Waals surface area contributed by atoms with Crippen LogP contribution in [0.4, 0.5) is 0 Å². The topological polar surface area (TPSA) is 122 Å². The van der Waals surface area contributed by atoms with E-state index in [2.05, 4.69) is 10.6 Å². The number of imide groups is 1. The van der Waals surface area contributed by atoms with Crippen LogP contribution in [0, 0.1) is 11.8 Å². The average Bonchev–Trinajstić information content (AvgIpc) is 2.88. The molecule has 138 valence electrons. The smallest absolute Gasteiger partial charge is 0.329 e. The fourth-order valence-corrected chi connectivity index (χ4v) is 3.25. The zero-order chi connectivity index (χ0) is 18.6. The number of nitrogens with one attached hydrogen (secondary N) is 2. The van der Waals surface area contributed by atoms with Gasteiger partial charge in [-0.2, -0.15) is 0 Å². The zero-order valence-electron chi connectivity index (χ0n) is 14.4. The van der Waals surface area contributed by atoms with Gasteiger partial charge in [-0.3, -0.25) is 24.1 Å². The normalized spacial score (nSPS) is 23.7. The SMILES string of the molecule is CNC(=O)CNC(=O)COC(=O)[C@H](C)N1C(=O)[C@@H]2CCCC[C@H]2C1=O. The molecule has 4 amide bonds. The van der Waals surface area contributed by atoms with Crippen molar-refractivity contribution in [2.75, 3.05) is 20.2 Å². The lowest BCUT2D eigenvalue weighted by molar-refractivity contribution is -0.159. The minimum absolute atomic E-state index is 0.227. The monoisotopic (exact) mass is 353 g/mol. The molecule has 2 N–H and O–H groups in total. The van der Waals surface area contributed by atoms with Gasteiger partial charge in [-0.1, -0.05) is 12.8 Å². The third-order valence-corrected chi connectivity index (χ3v) is 4.67. The Morgan fingerprint density at radius 2 is 1.68 bits per heavy atom. The minimum Gasteiger partial charge on any atom is -0.454 e. The van der Waals surface area contributed by atoms with Crippen LogP contribution in [-0.4, -0.2) is 60.7 Å². The van der Waals surface area contributed by atoms with Crippen molar-refractivity contribution in [3.05, 3.63) is 0 Å². The summed E-state index contributed by atoms with van der Waals surface area (Å²) >= 11 is 0. The molecule has 3 atom stereocenters. The Morgan fingerprint density at radius 1 is 1.12 bits per heavy atom. The molecular weight excluding hydrogens is 330 g/mol. The van der Waals surface area contributed by atoms with Gasteiger partial charge in [0.1, 0.15) is 6.04 Å². The molecule has 0 bridgehead atoms. The highest BCUT2D eigenvalue weighted by Gasteiger charge is 2.51. The van der Waals surface area contributed by atoms with E-state index < -0.39 is 24.5 Å². The van der Waals surface area contributed by atoms with Crippen molar-refractivity contribution in [3.63, 3.8) is 0 Å². The predicted octanol–water partition coefficient (Wildman–Crippen LogP) is -1.04. The number of likely N-dealkylation sites (N-methyl/N-ethyl adjacent to an activating group) is 1. The standard InChI is InChI=1S/C16H23N3O6/c1-9(16(24)25-8-13(21)18-7-12(20)17-2)19-14(22)10-5-3-4-6-11(10)15(19)23/h9-11H,3-8H2,1-2H3,(H,17,20)(H,18,21)/t9-,10+,11+/m0/s1. The Kier molecular flexibility index (Phi) is 6.11. The summed E-state index contributed by atoms with van der Waals surface area (Å²) in [5.74, 6) is -3.19. The quantitative estimate of drug-likeness (QED) is 0.464. The summed E-state index contributed by atoms with van der Waals surface area (Å²) in [6.45, 7) is 0.607. The minimum atomic E-state index is -1.07. The van der Waals surface area contributed by atoms with Crippen LogP contribution in [0.2, 0.25) is 0 Å². The van der Waals surface area contributed by atoms with E-state index in [9.17, 15) is 24.0 Å². The maximum absolute atomic E-state index is 12.4. The molecule has 0 unspecified atom stereocenters. The van der Waals surface area contributed by atoms with E-state index in [0.717, 1.165) is 17.7 Å². The molecule has 1 saturated carbocycles. The summed E-state index contributed by atoms with van der Waals surface area (Å²) < 4.78 is 4.87. The first-order valence-electron chi connectivity index (χ1n) is 8.37. The largest absolute Gasteiger partial charge is 0.454 e. The Balaban J connectivity index is 1.87. The molecule has 2 rings (SSSR count). The molecular formula is C16H23N3O6. The number of carbonyl (C=O) groups is 5. The van der Waals surface area contributed by atoms with Crippen LogP contribution in [0.5, 0.6) is 0 Å². The van der Waals surface area contributed by atoms with Crippen LogP contribution in [0.25, 0.3) is 0 Å². The fourth-order valence-electron chi connectivity index (χ4n) is 3.25. The van der Waals surface area contributed by atoms with Gasteiger partial charge < -0.3 is 15.4 Å². The van der Waals surface area contributed by atoms with Gasteiger partial charge in [0.15, 0.2) is 6.61 Å². The molecule has 9 heteroatoms. The second-order valence-corrected chi connectivity index (χ2v) is 6.28. The number of fused-ring (bicyclic) bond motifs is 1. The van der Waals surface area contributed by atoms with E-state index in [1.807, 2.05) is 0 Å². The Morgan fingerprint density at radius 3 is 2.20 bits per heavy atom. The highest BCUT2D eigenvalue weighted by atomic mass is 16.5. The summed E-state index contributed by atoms with van der Waals surface area (Å²) in [4.78, 5) is 60.5. The summed E-state index contributed by atoms with van der Waals surface area (Å²) in [7, 11) is 1.43. The van der Waals surface area contributed by atoms with E-state index in [0.29, 0.717) is 12.8 Å². The summed E-state index contributed by atoms with van der Waals surface area (Å²) in [6, 6.07) is -1.07. The second kappa shape index (κ2) is 8.09. The van der Waals surface area contributed by atoms with Gasteiger partial charge in [-0.05, 0) is 19.8 Å². The number of hydrogen-bond acceptors (Lipinski definition) is 6. The third-order valence-electron chi connectivity index (χ3n) is 4.67.